The van der Waals surface area contributed by atoms with E-state index in [2.05, 4.69) is 11.4 Å². The summed E-state index contributed by atoms with van der Waals surface area (Å²) < 4.78 is 5.06. The van der Waals surface area contributed by atoms with Gasteiger partial charge in [0.1, 0.15) is 11.8 Å². The van der Waals surface area contributed by atoms with E-state index in [1.807, 2.05) is 31.2 Å². The lowest BCUT2D eigenvalue weighted by atomic mass is 10.1. The summed E-state index contributed by atoms with van der Waals surface area (Å²) in [6.45, 7) is 2.00. The lowest BCUT2D eigenvalue weighted by Crippen LogP contribution is -2.15. The van der Waals surface area contributed by atoms with Gasteiger partial charge in [-0.1, -0.05) is 29.8 Å². The zero-order valence-electron chi connectivity index (χ0n) is 12.0. The van der Waals surface area contributed by atoms with Crippen LogP contribution in [0.15, 0.2) is 42.5 Å². The molecule has 4 nitrogen and oxygen atoms in total. The summed E-state index contributed by atoms with van der Waals surface area (Å²) in [7, 11) is 1.53. The minimum absolute atomic E-state index is 0.152. The van der Waals surface area contributed by atoms with Crippen molar-refractivity contribution >= 4 is 11.6 Å². The fraction of sp³-hybridized carbons (Fsp3) is 0.176. The van der Waals surface area contributed by atoms with E-state index in [0.717, 1.165) is 11.1 Å². The molecular weight excluding hydrogens is 264 g/mol. The van der Waals surface area contributed by atoms with Crippen LogP contribution in [0.5, 0.6) is 5.75 Å². The molecule has 106 valence electrons. The van der Waals surface area contributed by atoms with Gasteiger partial charge in [0.2, 0.25) is 5.91 Å². The highest BCUT2D eigenvalue weighted by Crippen LogP contribution is 2.21. The Labute approximate surface area is 124 Å². The van der Waals surface area contributed by atoms with E-state index < -0.39 is 0 Å². The van der Waals surface area contributed by atoms with Gasteiger partial charge < -0.3 is 10.1 Å². The highest BCUT2D eigenvalue weighted by atomic mass is 16.5. The molecule has 0 fully saturated rings. The molecule has 0 unspecified atom stereocenters. The number of benzene rings is 2. The number of nitrogens with one attached hydrogen (secondary N) is 1. The number of hydrogen-bond acceptors (Lipinski definition) is 3. The number of nitriles is 1. The molecule has 21 heavy (non-hydrogen) atoms. The second-order valence-corrected chi connectivity index (χ2v) is 4.73. The maximum atomic E-state index is 12.0. The fourth-order valence-corrected chi connectivity index (χ4v) is 1.94. The monoisotopic (exact) mass is 280 g/mol. The van der Waals surface area contributed by atoms with Crippen LogP contribution in [0.2, 0.25) is 0 Å². The van der Waals surface area contributed by atoms with E-state index in [0.29, 0.717) is 17.0 Å². The second kappa shape index (κ2) is 6.58. The average Bonchev–Trinajstić information content (AvgIpc) is 2.50. The summed E-state index contributed by atoms with van der Waals surface area (Å²) in [6, 6.07) is 14.8. The summed E-state index contributed by atoms with van der Waals surface area (Å²) in [5.74, 6) is 0.434. The zero-order chi connectivity index (χ0) is 15.2. The standard InChI is InChI=1S/C17H16N2O2/c1-12-3-5-13(6-4-12)9-17(20)19-16-8-7-15(21-2)10-14(16)11-18/h3-8,10H,9H2,1-2H3,(H,19,20). The van der Waals surface area contributed by atoms with E-state index in [9.17, 15) is 4.79 Å². The van der Waals surface area contributed by atoms with Crippen LogP contribution in [0.1, 0.15) is 16.7 Å². The van der Waals surface area contributed by atoms with Gasteiger partial charge in [-0.25, -0.2) is 0 Å². The molecule has 2 aromatic rings. The van der Waals surface area contributed by atoms with Crippen molar-refractivity contribution in [2.24, 2.45) is 0 Å². The van der Waals surface area contributed by atoms with Crippen molar-refractivity contribution in [3.05, 3.63) is 59.2 Å². The van der Waals surface area contributed by atoms with E-state index in [1.54, 1.807) is 18.2 Å². The van der Waals surface area contributed by atoms with Crippen LogP contribution in [0.3, 0.4) is 0 Å². The predicted octanol–water partition coefficient (Wildman–Crippen LogP) is 3.06. The largest absolute Gasteiger partial charge is 0.497 e. The van der Waals surface area contributed by atoms with Crippen molar-refractivity contribution in [3.8, 4) is 11.8 Å². The Bertz CT molecular complexity index is 685. The first-order chi connectivity index (χ1) is 10.1. The predicted molar refractivity (Wildman–Crippen MR) is 81.2 cm³/mol. The third kappa shape index (κ3) is 3.83. The average molecular weight is 280 g/mol. The normalized spacial score (nSPS) is 9.76. The molecule has 0 heterocycles. The molecule has 0 saturated heterocycles. The summed E-state index contributed by atoms with van der Waals surface area (Å²) in [5, 5.41) is 11.9. The number of amides is 1. The van der Waals surface area contributed by atoms with Crippen LogP contribution in [0.4, 0.5) is 5.69 Å². The number of aryl methyl sites for hydroxylation is 1. The van der Waals surface area contributed by atoms with Gasteiger partial charge in [-0.05, 0) is 30.7 Å². The van der Waals surface area contributed by atoms with Crippen LogP contribution in [-0.4, -0.2) is 13.0 Å². The number of carbonyl (C=O) groups is 1. The van der Waals surface area contributed by atoms with Crippen molar-refractivity contribution < 1.29 is 9.53 Å². The van der Waals surface area contributed by atoms with Gasteiger partial charge in [-0.15, -0.1) is 0 Å². The first-order valence-electron chi connectivity index (χ1n) is 6.56. The highest BCUT2D eigenvalue weighted by Gasteiger charge is 2.09. The highest BCUT2D eigenvalue weighted by molar-refractivity contribution is 5.93. The van der Waals surface area contributed by atoms with Crippen LogP contribution in [-0.2, 0) is 11.2 Å². The summed E-state index contributed by atoms with van der Waals surface area (Å²) in [4.78, 5) is 12.0. The molecule has 1 N–H and O–H groups in total. The molecule has 0 bridgehead atoms. The van der Waals surface area contributed by atoms with Gasteiger partial charge in [0.15, 0.2) is 0 Å². The Hall–Kier alpha value is -2.80. The van der Waals surface area contributed by atoms with Crippen molar-refractivity contribution in [1.29, 1.82) is 5.26 Å². The topological polar surface area (TPSA) is 62.1 Å². The third-order valence-electron chi connectivity index (χ3n) is 3.11. The van der Waals surface area contributed by atoms with Crippen LogP contribution in [0, 0.1) is 18.3 Å². The van der Waals surface area contributed by atoms with Crippen LogP contribution >= 0.6 is 0 Å². The number of anilines is 1. The molecule has 0 atom stereocenters. The van der Waals surface area contributed by atoms with Crippen LogP contribution in [0.25, 0.3) is 0 Å². The molecular formula is C17H16N2O2. The number of hydrogen-bond donors (Lipinski definition) is 1. The molecule has 0 aliphatic carbocycles. The SMILES string of the molecule is COc1ccc(NC(=O)Cc2ccc(C)cc2)c(C#N)c1. The molecule has 0 aliphatic rings. The zero-order valence-corrected chi connectivity index (χ0v) is 12.0. The lowest BCUT2D eigenvalue weighted by Gasteiger charge is -2.09. The first kappa shape index (κ1) is 14.6. The minimum atomic E-state index is -0.152. The quantitative estimate of drug-likeness (QED) is 0.936. The minimum Gasteiger partial charge on any atom is -0.497 e. The Morgan fingerprint density at radius 1 is 1.24 bits per heavy atom. The van der Waals surface area contributed by atoms with Gasteiger partial charge in [0.05, 0.1) is 24.8 Å². The number of rotatable bonds is 4. The number of nitrogens with zero attached hydrogens (tertiary/aromatic N) is 1. The molecule has 0 spiro atoms. The molecule has 0 aromatic heterocycles. The Kier molecular flexibility index (Phi) is 4.57. The van der Waals surface area contributed by atoms with E-state index in [-0.39, 0.29) is 12.3 Å². The fourth-order valence-electron chi connectivity index (χ4n) is 1.94. The molecule has 4 heteroatoms. The Morgan fingerprint density at radius 3 is 2.57 bits per heavy atom. The summed E-state index contributed by atoms with van der Waals surface area (Å²) in [6.07, 6.45) is 0.275. The van der Waals surface area contributed by atoms with Crippen molar-refractivity contribution in [1.82, 2.24) is 0 Å². The molecule has 1 amide bonds. The molecule has 2 aromatic carbocycles. The van der Waals surface area contributed by atoms with Gasteiger partial charge in [0, 0.05) is 0 Å². The van der Waals surface area contributed by atoms with Gasteiger partial charge in [-0.2, -0.15) is 5.26 Å². The van der Waals surface area contributed by atoms with Gasteiger partial charge in [-0.3, -0.25) is 4.79 Å². The van der Waals surface area contributed by atoms with Crippen molar-refractivity contribution in [2.45, 2.75) is 13.3 Å². The van der Waals surface area contributed by atoms with E-state index >= 15 is 0 Å². The molecule has 0 saturated carbocycles. The van der Waals surface area contributed by atoms with Gasteiger partial charge in [0.25, 0.3) is 0 Å². The third-order valence-corrected chi connectivity index (χ3v) is 3.11. The van der Waals surface area contributed by atoms with E-state index in [1.165, 1.54) is 7.11 Å². The lowest BCUT2D eigenvalue weighted by molar-refractivity contribution is -0.115. The number of carbonyl (C=O) groups excluding carboxylic acids is 1. The van der Waals surface area contributed by atoms with Crippen LogP contribution < -0.4 is 10.1 Å². The molecule has 0 aliphatic heterocycles. The Balaban J connectivity index is 2.09. The number of methoxy groups -OCH3 is 1. The Morgan fingerprint density at radius 2 is 1.95 bits per heavy atom. The van der Waals surface area contributed by atoms with Crippen molar-refractivity contribution in [3.63, 3.8) is 0 Å². The first-order valence-corrected chi connectivity index (χ1v) is 6.56. The van der Waals surface area contributed by atoms with E-state index in [4.69, 9.17) is 10.00 Å². The summed E-state index contributed by atoms with van der Waals surface area (Å²) in [5.41, 5.74) is 2.97. The molecule has 0 radical (unpaired) electrons. The maximum Gasteiger partial charge on any atom is 0.228 e. The number of ether oxygens (including phenoxy) is 1. The summed E-state index contributed by atoms with van der Waals surface area (Å²) >= 11 is 0. The maximum absolute atomic E-state index is 12.0. The second-order valence-electron chi connectivity index (χ2n) is 4.73. The van der Waals surface area contributed by atoms with Crippen molar-refractivity contribution in [2.75, 3.05) is 12.4 Å². The van der Waals surface area contributed by atoms with Gasteiger partial charge >= 0.3 is 0 Å². The smallest absolute Gasteiger partial charge is 0.228 e. The molecule has 2 rings (SSSR count).